The molecule has 0 saturated heterocycles. The quantitative estimate of drug-likeness (QED) is 0.831. The van der Waals surface area contributed by atoms with E-state index in [1.165, 1.54) is 11.3 Å². The van der Waals surface area contributed by atoms with Crippen molar-refractivity contribution in [3.05, 3.63) is 29.8 Å². The Balaban J connectivity index is 2.15. The molecular formula is C14H21N3O. The van der Waals surface area contributed by atoms with Gasteiger partial charge in [-0.2, -0.15) is 0 Å². The average Bonchev–Trinajstić information content (AvgIpc) is 2.44. The zero-order valence-corrected chi connectivity index (χ0v) is 10.9. The normalized spacial score (nSPS) is 18.3. The minimum absolute atomic E-state index is 0.0776. The van der Waals surface area contributed by atoms with E-state index in [1.807, 2.05) is 6.07 Å². The van der Waals surface area contributed by atoms with Crippen LogP contribution in [0.1, 0.15) is 18.4 Å². The number of nitrogens with two attached hydrogens (primary N) is 1. The topological polar surface area (TPSA) is 58.4 Å². The largest absolute Gasteiger partial charge is 0.367 e. The van der Waals surface area contributed by atoms with Gasteiger partial charge in [-0.3, -0.25) is 4.79 Å². The number of nitrogens with one attached hydrogen (secondary N) is 1. The zero-order valence-electron chi connectivity index (χ0n) is 10.9. The van der Waals surface area contributed by atoms with Gasteiger partial charge in [0.15, 0.2) is 0 Å². The number of anilines is 1. The molecule has 0 saturated carbocycles. The Morgan fingerprint density at radius 2 is 2.28 bits per heavy atom. The first-order valence-electron chi connectivity index (χ1n) is 6.51. The molecule has 18 heavy (non-hydrogen) atoms. The van der Waals surface area contributed by atoms with Gasteiger partial charge in [-0.05, 0) is 24.5 Å². The summed E-state index contributed by atoms with van der Waals surface area (Å²) in [4.78, 5) is 13.7. The molecule has 0 spiro atoms. The summed E-state index contributed by atoms with van der Waals surface area (Å²) in [5, 5.41) is 2.66. The van der Waals surface area contributed by atoms with Gasteiger partial charge in [-0.25, -0.2) is 0 Å². The molecule has 98 valence electrons. The van der Waals surface area contributed by atoms with Crippen molar-refractivity contribution in [2.45, 2.75) is 25.3 Å². The number of hydrogen-bond acceptors (Lipinski definition) is 3. The molecule has 2 rings (SSSR count). The molecule has 0 fully saturated rings. The summed E-state index contributed by atoms with van der Waals surface area (Å²) in [6, 6.07) is 8.75. The molecule has 1 aliphatic rings. The lowest BCUT2D eigenvalue weighted by molar-refractivity contribution is -0.120. The number of amides is 1. The third-order valence-electron chi connectivity index (χ3n) is 3.62. The van der Waals surface area contributed by atoms with Crippen LogP contribution < -0.4 is 16.0 Å². The third kappa shape index (κ3) is 2.64. The van der Waals surface area contributed by atoms with Crippen molar-refractivity contribution in [2.24, 2.45) is 5.73 Å². The first-order chi connectivity index (χ1) is 8.76. The molecule has 1 atom stereocenters. The fraction of sp³-hybridized carbons (Fsp3) is 0.500. The fourth-order valence-corrected chi connectivity index (χ4v) is 2.57. The Morgan fingerprint density at radius 1 is 1.50 bits per heavy atom. The number of carbonyl (C=O) groups excluding carboxylic acids is 1. The summed E-state index contributed by atoms with van der Waals surface area (Å²) < 4.78 is 0. The number of rotatable bonds is 4. The molecule has 4 heteroatoms. The molecule has 1 amide bonds. The van der Waals surface area contributed by atoms with Gasteiger partial charge in [0.1, 0.15) is 0 Å². The van der Waals surface area contributed by atoms with Crippen LogP contribution in [0, 0.1) is 0 Å². The summed E-state index contributed by atoms with van der Waals surface area (Å²) >= 11 is 0. The van der Waals surface area contributed by atoms with Gasteiger partial charge in [-0.1, -0.05) is 18.2 Å². The molecule has 0 aromatic heterocycles. The van der Waals surface area contributed by atoms with Crippen LogP contribution in [0.25, 0.3) is 0 Å². The van der Waals surface area contributed by atoms with E-state index in [4.69, 9.17) is 5.73 Å². The number of carbonyl (C=O) groups is 1. The Hall–Kier alpha value is -1.55. The van der Waals surface area contributed by atoms with E-state index in [1.54, 1.807) is 7.05 Å². The number of aryl methyl sites for hydroxylation is 1. The Bertz CT molecular complexity index is 419. The van der Waals surface area contributed by atoms with E-state index >= 15 is 0 Å². The summed E-state index contributed by atoms with van der Waals surface area (Å²) in [7, 11) is 1.67. The van der Waals surface area contributed by atoms with Crippen LogP contribution in [-0.2, 0) is 11.2 Å². The second-order valence-electron chi connectivity index (χ2n) is 4.67. The van der Waals surface area contributed by atoms with Gasteiger partial charge >= 0.3 is 0 Å². The molecule has 3 N–H and O–H groups in total. The highest BCUT2D eigenvalue weighted by atomic mass is 16.1. The van der Waals surface area contributed by atoms with E-state index in [-0.39, 0.29) is 5.91 Å². The molecule has 1 unspecified atom stereocenters. The van der Waals surface area contributed by atoms with Gasteiger partial charge < -0.3 is 16.0 Å². The van der Waals surface area contributed by atoms with Gasteiger partial charge in [0.05, 0.1) is 0 Å². The van der Waals surface area contributed by atoms with Crippen molar-refractivity contribution in [3.63, 3.8) is 0 Å². The Kier molecular flexibility index (Phi) is 4.20. The first-order valence-corrected chi connectivity index (χ1v) is 6.51. The fourth-order valence-electron chi connectivity index (χ4n) is 2.57. The van der Waals surface area contributed by atoms with Crippen molar-refractivity contribution in [1.29, 1.82) is 0 Å². The number of fused-ring (bicyclic) bond motifs is 1. The van der Waals surface area contributed by atoms with Crippen molar-refractivity contribution in [1.82, 2.24) is 5.32 Å². The molecule has 0 aliphatic carbocycles. The molecule has 0 radical (unpaired) electrons. The predicted molar refractivity (Wildman–Crippen MR) is 73.6 cm³/mol. The highest BCUT2D eigenvalue weighted by Crippen LogP contribution is 2.30. The van der Waals surface area contributed by atoms with E-state index in [2.05, 4.69) is 28.4 Å². The smallest absolute Gasteiger partial charge is 0.221 e. The van der Waals surface area contributed by atoms with Gasteiger partial charge in [-0.15, -0.1) is 0 Å². The Morgan fingerprint density at radius 3 is 3.00 bits per heavy atom. The second kappa shape index (κ2) is 5.87. The summed E-state index contributed by atoms with van der Waals surface area (Å²) in [5.74, 6) is 0.0776. The van der Waals surface area contributed by atoms with Crippen LogP contribution in [0.15, 0.2) is 24.3 Å². The lowest BCUT2D eigenvalue weighted by atomic mass is 9.95. The maximum Gasteiger partial charge on any atom is 0.221 e. The van der Waals surface area contributed by atoms with Crippen LogP contribution >= 0.6 is 0 Å². The first kappa shape index (κ1) is 12.9. The molecule has 1 heterocycles. The zero-order chi connectivity index (χ0) is 13.0. The predicted octanol–water partition coefficient (Wildman–Crippen LogP) is 0.903. The number of hydrogen-bond donors (Lipinski definition) is 2. The highest BCUT2D eigenvalue weighted by Gasteiger charge is 2.24. The van der Waals surface area contributed by atoms with Crippen LogP contribution in [0.5, 0.6) is 0 Å². The third-order valence-corrected chi connectivity index (χ3v) is 3.62. The molecule has 0 bridgehead atoms. The average molecular weight is 247 g/mol. The molecule has 1 aliphatic heterocycles. The Labute approximate surface area is 108 Å². The molecule has 4 nitrogen and oxygen atoms in total. The molecule has 1 aromatic rings. The van der Waals surface area contributed by atoms with E-state index in [9.17, 15) is 4.79 Å². The molecular weight excluding hydrogens is 226 g/mol. The summed E-state index contributed by atoms with van der Waals surface area (Å²) in [5.41, 5.74) is 8.45. The van der Waals surface area contributed by atoms with Crippen LogP contribution in [0.4, 0.5) is 5.69 Å². The summed E-state index contributed by atoms with van der Waals surface area (Å²) in [6.07, 6.45) is 2.66. The monoisotopic (exact) mass is 247 g/mol. The highest BCUT2D eigenvalue weighted by molar-refractivity contribution is 5.76. The number of para-hydroxylation sites is 1. The van der Waals surface area contributed by atoms with Crippen LogP contribution in [0.3, 0.4) is 0 Å². The van der Waals surface area contributed by atoms with Gasteiger partial charge in [0, 0.05) is 38.3 Å². The standard InChI is InChI=1S/C14H21N3O/c1-16-14(18)8-9-17-12(10-15)7-6-11-4-2-3-5-13(11)17/h2-5,12H,6-10,15H2,1H3,(H,16,18). The van der Waals surface area contributed by atoms with Gasteiger partial charge in [0.2, 0.25) is 5.91 Å². The van der Waals surface area contributed by atoms with Crippen molar-refractivity contribution < 1.29 is 4.79 Å². The van der Waals surface area contributed by atoms with Crippen LogP contribution in [0.2, 0.25) is 0 Å². The van der Waals surface area contributed by atoms with E-state index < -0.39 is 0 Å². The van der Waals surface area contributed by atoms with E-state index in [0.717, 1.165) is 19.4 Å². The van der Waals surface area contributed by atoms with Gasteiger partial charge in [0.25, 0.3) is 0 Å². The minimum Gasteiger partial charge on any atom is -0.367 e. The lowest BCUT2D eigenvalue weighted by Crippen LogP contribution is -2.45. The number of benzene rings is 1. The molecule has 1 aromatic carbocycles. The maximum atomic E-state index is 11.4. The summed E-state index contributed by atoms with van der Waals surface area (Å²) in [6.45, 7) is 1.38. The van der Waals surface area contributed by atoms with Crippen molar-refractivity contribution in [2.75, 3.05) is 25.0 Å². The SMILES string of the molecule is CNC(=O)CCN1c2ccccc2CCC1CN. The van der Waals surface area contributed by atoms with Crippen LogP contribution in [-0.4, -0.2) is 32.1 Å². The maximum absolute atomic E-state index is 11.4. The lowest BCUT2D eigenvalue weighted by Gasteiger charge is -2.38. The second-order valence-corrected chi connectivity index (χ2v) is 4.67. The minimum atomic E-state index is 0.0776. The van der Waals surface area contributed by atoms with Crippen molar-refractivity contribution in [3.8, 4) is 0 Å². The number of nitrogens with zero attached hydrogens (tertiary/aromatic N) is 1. The van der Waals surface area contributed by atoms with Crippen molar-refractivity contribution >= 4 is 11.6 Å². The van der Waals surface area contributed by atoms with E-state index in [0.29, 0.717) is 19.0 Å².